The van der Waals surface area contributed by atoms with Crippen LogP contribution >= 0.6 is 0 Å². The Balaban J connectivity index is 2.24. The number of nitrogens with zero attached hydrogens (tertiary/aromatic N) is 1. The van der Waals surface area contributed by atoms with Crippen molar-refractivity contribution in [2.24, 2.45) is 0 Å². The van der Waals surface area contributed by atoms with Crippen LogP contribution in [0, 0.1) is 5.21 Å². The van der Waals surface area contributed by atoms with Crippen LogP contribution in [0.5, 0.6) is 0 Å². The molecule has 2 unspecified atom stereocenters. The predicted octanol–water partition coefficient (Wildman–Crippen LogP) is 1.46. The molecule has 2 aliphatic carbocycles. The van der Waals surface area contributed by atoms with Gasteiger partial charge in [0.2, 0.25) is 0 Å². The molecule has 1 aromatic heterocycles. The summed E-state index contributed by atoms with van der Waals surface area (Å²) in [5.41, 5.74) is 2.59. The van der Waals surface area contributed by atoms with Crippen molar-refractivity contribution in [3.63, 3.8) is 0 Å². The molecule has 2 nitrogen and oxygen atoms in total. The van der Waals surface area contributed by atoms with Gasteiger partial charge in [-0.15, -0.1) is 0 Å². The van der Waals surface area contributed by atoms with Gasteiger partial charge in [-0.3, -0.25) is 0 Å². The van der Waals surface area contributed by atoms with Gasteiger partial charge < -0.3 is 5.21 Å². The van der Waals surface area contributed by atoms with Crippen molar-refractivity contribution in [2.75, 3.05) is 0 Å². The lowest BCUT2D eigenvalue weighted by Gasteiger charge is -2.07. The second-order valence-electron chi connectivity index (χ2n) is 3.55. The fourth-order valence-electron chi connectivity index (χ4n) is 2.31. The maximum atomic E-state index is 11.0. The monoisotopic (exact) mass is 159 g/mol. The molecule has 3 rings (SSSR count). The first-order valence-electron chi connectivity index (χ1n) is 4.25. The van der Waals surface area contributed by atoms with E-state index in [0.717, 1.165) is 4.73 Å². The lowest BCUT2D eigenvalue weighted by Crippen LogP contribution is -2.25. The molecule has 2 heteroatoms. The number of allylic oxidation sites excluding steroid dienone is 2. The minimum atomic E-state index is 0.520. The molecule has 0 saturated heterocycles. The SMILES string of the molecule is [O-][n+]1ccc2c(c1)C1C=CC2C1. The van der Waals surface area contributed by atoms with Gasteiger partial charge in [-0.1, -0.05) is 12.2 Å². The summed E-state index contributed by atoms with van der Waals surface area (Å²) in [4.78, 5) is 0. The zero-order chi connectivity index (χ0) is 8.13. The van der Waals surface area contributed by atoms with E-state index in [0.29, 0.717) is 11.8 Å². The van der Waals surface area contributed by atoms with Crippen LogP contribution in [0.15, 0.2) is 30.6 Å². The fraction of sp³-hybridized carbons (Fsp3) is 0.300. The maximum absolute atomic E-state index is 11.0. The van der Waals surface area contributed by atoms with Crippen molar-refractivity contribution in [3.8, 4) is 0 Å². The van der Waals surface area contributed by atoms with E-state index in [4.69, 9.17) is 0 Å². The average molecular weight is 159 g/mol. The van der Waals surface area contributed by atoms with Gasteiger partial charge in [0.15, 0.2) is 12.4 Å². The quantitative estimate of drug-likeness (QED) is 0.320. The van der Waals surface area contributed by atoms with E-state index in [1.807, 2.05) is 6.07 Å². The Hall–Kier alpha value is -1.31. The Morgan fingerprint density at radius 1 is 1.25 bits per heavy atom. The van der Waals surface area contributed by atoms with Crippen molar-refractivity contribution in [3.05, 3.63) is 46.9 Å². The minimum Gasteiger partial charge on any atom is -0.619 e. The smallest absolute Gasteiger partial charge is 0.184 e. The lowest BCUT2D eigenvalue weighted by atomic mass is 10.00. The Bertz CT molecular complexity index is 370. The summed E-state index contributed by atoms with van der Waals surface area (Å²) in [5.74, 6) is 1.11. The number of aromatic nitrogens is 1. The van der Waals surface area contributed by atoms with E-state index in [1.165, 1.54) is 17.5 Å². The van der Waals surface area contributed by atoms with Gasteiger partial charge in [-0.25, -0.2) is 0 Å². The summed E-state index contributed by atoms with van der Waals surface area (Å²) in [6.07, 6.45) is 8.95. The molecular formula is C10H9NO. The van der Waals surface area contributed by atoms with Crippen molar-refractivity contribution in [2.45, 2.75) is 18.3 Å². The third-order valence-electron chi connectivity index (χ3n) is 2.88. The maximum Gasteiger partial charge on any atom is 0.184 e. The molecule has 0 radical (unpaired) electrons. The van der Waals surface area contributed by atoms with Crippen LogP contribution in [-0.4, -0.2) is 0 Å². The van der Waals surface area contributed by atoms with Crippen molar-refractivity contribution in [1.29, 1.82) is 0 Å². The van der Waals surface area contributed by atoms with Crippen molar-refractivity contribution < 1.29 is 4.73 Å². The highest BCUT2D eigenvalue weighted by Gasteiger charge is 2.34. The summed E-state index contributed by atoms with van der Waals surface area (Å²) < 4.78 is 0.896. The van der Waals surface area contributed by atoms with Crippen LogP contribution in [0.1, 0.15) is 29.4 Å². The van der Waals surface area contributed by atoms with Gasteiger partial charge in [0.1, 0.15) is 0 Å². The van der Waals surface area contributed by atoms with E-state index in [1.54, 1.807) is 12.4 Å². The molecule has 0 fully saturated rings. The van der Waals surface area contributed by atoms with E-state index in [9.17, 15) is 5.21 Å². The van der Waals surface area contributed by atoms with E-state index >= 15 is 0 Å². The van der Waals surface area contributed by atoms with E-state index in [2.05, 4.69) is 12.2 Å². The highest BCUT2D eigenvalue weighted by molar-refractivity contribution is 5.44. The van der Waals surface area contributed by atoms with Gasteiger partial charge in [0.25, 0.3) is 0 Å². The fourth-order valence-corrected chi connectivity index (χ4v) is 2.31. The molecule has 0 aliphatic heterocycles. The summed E-state index contributed by atoms with van der Waals surface area (Å²) in [6.45, 7) is 0. The average Bonchev–Trinajstić information content (AvgIpc) is 2.63. The molecule has 2 aliphatic rings. The number of hydrogen-bond acceptors (Lipinski definition) is 1. The Labute approximate surface area is 70.7 Å². The zero-order valence-corrected chi connectivity index (χ0v) is 6.60. The summed E-state index contributed by atoms with van der Waals surface area (Å²) in [5, 5.41) is 11.0. The molecule has 2 atom stereocenters. The highest BCUT2D eigenvalue weighted by atomic mass is 16.5. The number of pyridine rings is 1. The van der Waals surface area contributed by atoms with Gasteiger partial charge >= 0.3 is 0 Å². The minimum absolute atomic E-state index is 0.520. The summed E-state index contributed by atoms with van der Waals surface area (Å²) in [6, 6.07) is 1.95. The first-order chi connectivity index (χ1) is 5.84. The van der Waals surface area contributed by atoms with E-state index < -0.39 is 0 Å². The molecule has 0 saturated carbocycles. The van der Waals surface area contributed by atoms with Crippen LogP contribution in [-0.2, 0) is 0 Å². The third-order valence-corrected chi connectivity index (χ3v) is 2.88. The summed E-state index contributed by atoms with van der Waals surface area (Å²) in [7, 11) is 0. The second kappa shape index (κ2) is 1.89. The van der Waals surface area contributed by atoms with Gasteiger partial charge in [0.05, 0.1) is 0 Å². The lowest BCUT2D eigenvalue weighted by molar-refractivity contribution is -0.605. The molecule has 0 N–H and O–H groups in total. The van der Waals surface area contributed by atoms with Crippen molar-refractivity contribution in [1.82, 2.24) is 0 Å². The van der Waals surface area contributed by atoms with Gasteiger partial charge in [-0.2, -0.15) is 4.73 Å². The topological polar surface area (TPSA) is 26.9 Å². The van der Waals surface area contributed by atoms with Gasteiger partial charge in [-0.05, 0) is 12.0 Å². The van der Waals surface area contributed by atoms with Crippen LogP contribution in [0.3, 0.4) is 0 Å². The highest BCUT2D eigenvalue weighted by Crippen LogP contribution is 2.47. The van der Waals surface area contributed by atoms with Crippen LogP contribution < -0.4 is 4.73 Å². The second-order valence-corrected chi connectivity index (χ2v) is 3.55. The van der Waals surface area contributed by atoms with Crippen LogP contribution in [0.4, 0.5) is 0 Å². The molecule has 1 heterocycles. The first-order valence-corrected chi connectivity index (χ1v) is 4.25. The van der Waals surface area contributed by atoms with E-state index in [-0.39, 0.29) is 0 Å². The molecule has 2 bridgehead atoms. The molecule has 1 aromatic rings. The summed E-state index contributed by atoms with van der Waals surface area (Å²) >= 11 is 0. The molecule has 0 aromatic carbocycles. The largest absolute Gasteiger partial charge is 0.619 e. The third kappa shape index (κ3) is 0.624. The molecular weight excluding hydrogens is 150 g/mol. The Kier molecular flexibility index (Phi) is 0.980. The van der Waals surface area contributed by atoms with Crippen LogP contribution in [0.2, 0.25) is 0 Å². The normalized spacial score (nSPS) is 29.3. The number of rotatable bonds is 0. The molecule has 0 amide bonds. The molecule has 60 valence electrons. The predicted molar refractivity (Wildman–Crippen MR) is 44.6 cm³/mol. The Morgan fingerprint density at radius 2 is 2.00 bits per heavy atom. The van der Waals surface area contributed by atoms with Gasteiger partial charge in [0, 0.05) is 23.5 Å². The molecule has 12 heavy (non-hydrogen) atoms. The first kappa shape index (κ1) is 6.23. The number of hydrogen-bond donors (Lipinski definition) is 0. The zero-order valence-electron chi connectivity index (χ0n) is 6.60. The van der Waals surface area contributed by atoms with Crippen molar-refractivity contribution >= 4 is 0 Å². The standard InChI is InChI=1S/C10H9NO/c12-11-4-3-9-7-1-2-8(5-7)10(9)6-11/h1-4,6-8H,5H2. The molecule has 0 spiro atoms. The number of fused-ring (bicyclic) bond motifs is 5. The Morgan fingerprint density at radius 3 is 2.83 bits per heavy atom. The van der Waals surface area contributed by atoms with Crippen LogP contribution in [0.25, 0.3) is 0 Å².